The van der Waals surface area contributed by atoms with Gasteiger partial charge >= 0.3 is 11.8 Å². The molecule has 2 aliphatic rings. The Hall–Kier alpha value is -1.47. The lowest BCUT2D eigenvalue weighted by Gasteiger charge is -2.36. The molecule has 0 aromatic carbocycles. The molecule has 0 radical (unpaired) electrons. The van der Waals surface area contributed by atoms with Crippen LogP contribution in [0.4, 0.5) is 0 Å². The molecule has 1 spiro atoms. The van der Waals surface area contributed by atoms with Crippen molar-refractivity contribution in [2.75, 3.05) is 26.3 Å². The van der Waals surface area contributed by atoms with Crippen LogP contribution in [0.5, 0.6) is 0 Å². The largest absolute Gasteiger partial charge is 0.417 e. The van der Waals surface area contributed by atoms with Crippen LogP contribution in [-0.4, -0.2) is 53.1 Å². The Morgan fingerprint density at radius 2 is 1.85 bits per heavy atom. The summed E-state index contributed by atoms with van der Waals surface area (Å²) in [6.45, 7) is 6.32. The first-order chi connectivity index (χ1) is 9.60. The third-order valence-electron chi connectivity index (χ3n) is 3.74. The molecule has 7 heteroatoms. The molecule has 3 rings (SSSR count). The summed E-state index contributed by atoms with van der Waals surface area (Å²) in [5, 5.41) is 7.72. The standard InChI is InChI=1S/C13H19N3O4/c1-9(2)10-14-15-11(20-10)12(17)16-5-3-13(4-6-16)18-7-8-19-13/h9H,3-8H2,1-2H3. The molecule has 2 aliphatic heterocycles. The summed E-state index contributed by atoms with van der Waals surface area (Å²) in [5.41, 5.74) is 0. The predicted octanol–water partition coefficient (Wildman–Crippen LogP) is 1.17. The average Bonchev–Trinajstić information content (AvgIpc) is 3.08. The van der Waals surface area contributed by atoms with E-state index in [4.69, 9.17) is 13.9 Å². The zero-order valence-electron chi connectivity index (χ0n) is 11.8. The van der Waals surface area contributed by atoms with Crippen molar-refractivity contribution in [3.8, 4) is 0 Å². The molecule has 0 N–H and O–H groups in total. The highest BCUT2D eigenvalue weighted by atomic mass is 16.7. The third-order valence-corrected chi connectivity index (χ3v) is 3.74. The van der Waals surface area contributed by atoms with Crippen LogP contribution < -0.4 is 0 Å². The summed E-state index contributed by atoms with van der Waals surface area (Å²) < 4.78 is 16.7. The Bertz CT molecular complexity index is 484. The van der Waals surface area contributed by atoms with E-state index >= 15 is 0 Å². The highest BCUT2D eigenvalue weighted by molar-refractivity contribution is 5.89. The molecule has 3 heterocycles. The van der Waals surface area contributed by atoms with Gasteiger partial charge in [-0.15, -0.1) is 10.2 Å². The summed E-state index contributed by atoms with van der Waals surface area (Å²) in [6.07, 6.45) is 1.37. The summed E-state index contributed by atoms with van der Waals surface area (Å²) in [5.74, 6) is -0.0113. The fourth-order valence-electron chi connectivity index (χ4n) is 2.53. The van der Waals surface area contributed by atoms with Crippen molar-refractivity contribution in [3.05, 3.63) is 11.8 Å². The molecule has 2 saturated heterocycles. The minimum atomic E-state index is -0.477. The van der Waals surface area contributed by atoms with E-state index in [1.54, 1.807) is 4.90 Å². The van der Waals surface area contributed by atoms with Gasteiger partial charge < -0.3 is 18.8 Å². The van der Waals surface area contributed by atoms with Gasteiger partial charge in [-0.2, -0.15) is 0 Å². The fraction of sp³-hybridized carbons (Fsp3) is 0.769. The van der Waals surface area contributed by atoms with Gasteiger partial charge in [0.2, 0.25) is 5.89 Å². The van der Waals surface area contributed by atoms with Crippen LogP contribution in [0.1, 0.15) is 49.2 Å². The van der Waals surface area contributed by atoms with Crippen LogP contribution in [0.15, 0.2) is 4.42 Å². The lowest BCUT2D eigenvalue weighted by molar-refractivity contribution is -0.181. The molecule has 20 heavy (non-hydrogen) atoms. The number of hydrogen-bond acceptors (Lipinski definition) is 6. The number of piperidine rings is 1. The molecule has 0 saturated carbocycles. The second kappa shape index (κ2) is 5.14. The van der Waals surface area contributed by atoms with Crippen LogP contribution >= 0.6 is 0 Å². The minimum Gasteiger partial charge on any atom is -0.417 e. The normalized spacial score (nSPS) is 21.9. The van der Waals surface area contributed by atoms with Crippen LogP contribution in [0, 0.1) is 0 Å². The number of ether oxygens (including phenoxy) is 2. The first kappa shape index (κ1) is 13.5. The van der Waals surface area contributed by atoms with Gasteiger partial charge in [0, 0.05) is 31.8 Å². The maximum absolute atomic E-state index is 12.3. The Morgan fingerprint density at radius 3 is 2.40 bits per heavy atom. The first-order valence-corrected chi connectivity index (χ1v) is 7.00. The molecular formula is C13H19N3O4. The zero-order chi connectivity index (χ0) is 14.2. The summed E-state index contributed by atoms with van der Waals surface area (Å²) in [6, 6.07) is 0. The van der Waals surface area contributed by atoms with E-state index in [0.29, 0.717) is 45.0 Å². The van der Waals surface area contributed by atoms with Gasteiger partial charge in [-0.05, 0) is 0 Å². The van der Waals surface area contributed by atoms with Gasteiger partial charge in [-0.1, -0.05) is 13.8 Å². The molecule has 0 aliphatic carbocycles. The number of rotatable bonds is 2. The lowest BCUT2D eigenvalue weighted by atomic mass is 10.0. The van der Waals surface area contributed by atoms with Gasteiger partial charge in [0.15, 0.2) is 5.79 Å². The number of carbonyl (C=O) groups is 1. The molecule has 2 fully saturated rings. The van der Waals surface area contributed by atoms with Crippen LogP contribution in [0.25, 0.3) is 0 Å². The Labute approximate surface area is 117 Å². The Kier molecular flexibility index (Phi) is 3.47. The van der Waals surface area contributed by atoms with E-state index in [1.165, 1.54) is 0 Å². The number of likely N-dealkylation sites (tertiary alicyclic amines) is 1. The molecule has 110 valence electrons. The molecule has 0 unspecified atom stereocenters. The SMILES string of the molecule is CC(C)c1nnc(C(=O)N2CCC3(CC2)OCCO3)o1. The number of hydrogen-bond donors (Lipinski definition) is 0. The van der Waals surface area contributed by atoms with E-state index < -0.39 is 5.79 Å². The first-order valence-electron chi connectivity index (χ1n) is 7.00. The fourth-order valence-corrected chi connectivity index (χ4v) is 2.53. The molecule has 0 bridgehead atoms. The van der Waals surface area contributed by atoms with Crippen molar-refractivity contribution in [1.82, 2.24) is 15.1 Å². The molecule has 0 atom stereocenters. The van der Waals surface area contributed by atoms with Crippen LogP contribution in [0.3, 0.4) is 0 Å². The minimum absolute atomic E-state index is 0.0675. The zero-order valence-corrected chi connectivity index (χ0v) is 11.8. The van der Waals surface area contributed by atoms with Crippen LogP contribution in [-0.2, 0) is 9.47 Å². The quantitative estimate of drug-likeness (QED) is 0.810. The summed E-state index contributed by atoms with van der Waals surface area (Å²) in [4.78, 5) is 14.0. The van der Waals surface area contributed by atoms with E-state index in [1.807, 2.05) is 13.8 Å². The molecule has 7 nitrogen and oxygen atoms in total. The van der Waals surface area contributed by atoms with Crippen molar-refractivity contribution in [3.63, 3.8) is 0 Å². The molecule has 1 aromatic heterocycles. The van der Waals surface area contributed by atoms with Gasteiger partial charge in [0.25, 0.3) is 0 Å². The van der Waals surface area contributed by atoms with Gasteiger partial charge in [-0.25, -0.2) is 0 Å². The average molecular weight is 281 g/mol. The number of nitrogens with zero attached hydrogens (tertiary/aromatic N) is 3. The van der Waals surface area contributed by atoms with E-state index in [0.717, 1.165) is 0 Å². The van der Waals surface area contributed by atoms with Crippen molar-refractivity contribution in [2.45, 2.75) is 38.4 Å². The summed E-state index contributed by atoms with van der Waals surface area (Å²) in [7, 11) is 0. The topological polar surface area (TPSA) is 77.7 Å². The van der Waals surface area contributed by atoms with Crippen molar-refractivity contribution in [2.24, 2.45) is 0 Å². The van der Waals surface area contributed by atoms with E-state index in [-0.39, 0.29) is 17.7 Å². The van der Waals surface area contributed by atoms with Crippen molar-refractivity contribution < 1.29 is 18.7 Å². The molecule has 1 amide bonds. The van der Waals surface area contributed by atoms with Gasteiger partial charge in [-0.3, -0.25) is 4.79 Å². The smallest absolute Gasteiger partial charge is 0.311 e. The van der Waals surface area contributed by atoms with Crippen molar-refractivity contribution in [1.29, 1.82) is 0 Å². The molecule has 1 aromatic rings. The van der Waals surface area contributed by atoms with E-state index in [2.05, 4.69) is 10.2 Å². The highest BCUT2D eigenvalue weighted by Gasteiger charge is 2.41. The highest BCUT2D eigenvalue weighted by Crippen LogP contribution is 2.31. The monoisotopic (exact) mass is 281 g/mol. The predicted molar refractivity (Wildman–Crippen MR) is 68.2 cm³/mol. The lowest BCUT2D eigenvalue weighted by Crippen LogP contribution is -2.47. The van der Waals surface area contributed by atoms with E-state index in [9.17, 15) is 4.79 Å². The van der Waals surface area contributed by atoms with Gasteiger partial charge in [0.1, 0.15) is 0 Å². The maximum atomic E-state index is 12.3. The van der Waals surface area contributed by atoms with Crippen LogP contribution in [0.2, 0.25) is 0 Å². The van der Waals surface area contributed by atoms with Gasteiger partial charge in [0.05, 0.1) is 13.2 Å². The number of carbonyl (C=O) groups excluding carboxylic acids is 1. The maximum Gasteiger partial charge on any atom is 0.311 e. The number of amides is 1. The Balaban J connectivity index is 1.63. The number of aromatic nitrogens is 2. The second-order valence-electron chi connectivity index (χ2n) is 5.50. The molecular weight excluding hydrogens is 262 g/mol. The Morgan fingerprint density at radius 1 is 1.20 bits per heavy atom. The second-order valence-corrected chi connectivity index (χ2v) is 5.50. The van der Waals surface area contributed by atoms with Crippen molar-refractivity contribution >= 4 is 5.91 Å². The summed E-state index contributed by atoms with van der Waals surface area (Å²) >= 11 is 0. The third kappa shape index (κ3) is 2.43.